The van der Waals surface area contributed by atoms with Gasteiger partial charge in [0.1, 0.15) is 0 Å². The van der Waals surface area contributed by atoms with Gasteiger partial charge >= 0.3 is 0 Å². The Labute approximate surface area is 120 Å². The monoisotopic (exact) mass is 287 g/mol. The summed E-state index contributed by atoms with van der Waals surface area (Å²) in [5.74, 6) is 1.10. The molecule has 0 saturated heterocycles. The normalized spacial score (nSPS) is 15.1. The van der Waals surface area contributed by atoms with Crippen molar-refractivity contribution in [2.45, 2.75) is 0 Å². The van der Waals surface area contributed by atoms with Gasteiger partial charge in [-0.1, -0.05) is 6.07 Å². The Bertz CT molecular complexity index is 689. The van der Waals surface area contributed by atoms with Gasteiger partial charge < -0.3 is 14.8 Å². The van der Waals surface area contributed by atoms with E-state index in [1.165, 1.54) is 0 Å². The number of fused-ring (bicyclic) bond motifs is 1. The molecule has 0 radical (unpaired) electrons. The molecule has 0 unspecified atom stereocenters. The van der Waals surface area contributed by atoms with Crippen LogP contribution in [0.15, 0.2) is 29.6 Å². The van der Waals surface area contributed by atoms with Crippen LogP contribution >= 0.6 is 11.3 Å². The predicted octanol–water partition coefficient (Wildman–Crippen LogP) is 3.26. The predicted molar refractivity (Wildman–Crippen MR) is 80.4 cm³/mol. The van der Waals surface area contributed by atoms with Crippen LogP contribution in [0.25, 0.3) is 11.6 Å². The number of hydrogen-bond donors (Lipinski definition) is 1. The van der Waals surface area contributed by atoms with Crippen LogP contribution in [-0.2, 0) is 4.79 Å². The van der Waals surface area contributed by atoms with E-state index in [1.54, 1.807) is 31.6 Å². The van der Waals surface area contributed by atoms with Gasteiger partial charge in [0.05, 0.1) is 25.5 Å². The van der Waals surface area contributed by atoms with Crippen molar-refractivity contribution in [3.63, 3.8) is 0 Å². The van der Waals surface area contributed by atoms with E-state index in [0.717, 1.165) is 16.1 Å². The Morgan fingerprint density at radius 3 is 2.60 bits per heavy atom. The maximum Gasteiger partial charge on any atom is 0.256 e. The van der Waals surface area contributed by atoms with Crippen LogP contribution in [0.2, 0.25) is 0 Å². The lowest BCUT2D eigenvalue weighted by molar-refractivity contribution is -0.110. The summed E-state index contributed by atoms with van der Waals surface area (Å²) in [7, 11) is 3.15. The number of anilines is 1. The number of nitrogens with one attached hydrogen (secondary N) is 1. The molecule has 5 heteroatoms. The molecular formula is C15H13NO3S. The molecule has 0 aliphatic carbocycles. The zero-order valence-electron chi connectivity index (χ0n) is 11.1. The van der Waals surface area contributed by atoms with Gasteiger partial charge in [-0.25, -0.2) is 0 Å². The lowest BCUT2D eigenvalue weighted by atomic mass is 10.1. The minimum Gasteiger partial charge on any atom is -0.493 e. The van der Waals surface area contributed by atoms with E-state index in [-0.39, 0.29) is 5.91 Å². The fourth-order valence-electron chi connectivity index (χ4n) is 2.18. The van der Waals surface area contributed by atoms with E-state index in [0.29, 0.717) is 17.1 Å². The van der Waals surface area contributed by atoms with Crippen LogP contribution in [-0.4, -0.2) is 20.1 Å². The van der Waals surface area contributed by atoms with Crippen LogP contribution in [0.3, 0.4) is 0 Å². The second-order valence-corrected chi connectivity index (χ2v) is 5.26. The van der Waals surface area contributed by atoms with Gasteiger partial charge in [0, 0.05) is 16.5 Å². The lowest BCUT2D eigenvalue weighted by Crippen LogP contribution is -2.03. The van der Waals surface area contributed by atoms with Crippen molar-refractivity contribution in [1.29, 1.82) is 0 Å². The average Bonchev–Trinajstić information content (AvgIpc) is 3.06. The van der Waals surface area contributed by atoms with Crippen molar-refractivity contribution in [2.24, 2.45) is 0 Å². The fraction of sp³-hybridized carbons (Fsp3) is 0.133. The average molecular weight is 287 g/mol. The number of methoxy groups -OCH3 is 2. The molecular weight excluding hydrogens is 274 g/mol. The number of benzene rings is 1. The first-order chi connectivity index (χ1) is 9.72. The number of hydrogen-bond acceptors (Lipinski definition) is 4. The Morgan fingerprint density at radius 1 is 1.20 bits per heavy atom. The topological polar surface area (TPSA) is 47.6 Å². The SMILES string of the molecule is COc1cc2c(cc1OC)C(=Cc1cccs1)C(=O)N2. The van der Waals surface area contributed by atoms with E-state index >= 15 is 0 Å². The van der Waals surface area contributed by atoms with Gasteiger partial charge in [-0.3, -0.25) is 4.79 Å². The molecule has 1 N–H and O–H groups in total. The van der Waals surface area contributed by atoms with Crippen molar-refractivity contribution in [1.82, 2.24) is 0 Å². The zero-order chi connectivity index (χ0) is 14.1. The highest BCUT2D eigenvalue weighted by Crippen LogP contribution is 2.41. The molecule has 0 atom stereocenters. The van der Waals surface area contributed by atoms with Crippen LogP contribution in [0, 0.1) is 0 Å². The quantitative estimate of drug-likeness (QED) is 0.881. The first kappa shape index (κ1) is 12.7. The summed E-state index contributed by atoms with van der Waals surface area (Å²) in [6, 6.07) is 7.54. The van der Waals surface area contributed by atoms with Gasteiger partial charge in [-0.15, -0.1) is 11.3 Å². The minimum absolute atomic E-state index is 0.108. The van der Waals surface area contributed by atoms with E-state index in [9.17, 15) is 4.79 Å². The Hall–Kier alpha value is -2.27. The molecule has 0 bridgehead atoms. The lowest BCUT2D eigenvalue weighted by Gasteiger charge is -2.09. The zero-order valence-corrected chi connectivity index (χ0v) is 11.9. The Balaban J connectivity index is 2.12. The van der Waals surface area contributed by atoms with E-state index in [1.807, 2.05) is 29.7 Å². The molecule has 1 amide bonds. The van der Waals surface area contributed by atoms with Crippen LogP contribution in [0.5, 0.6) is 11.5 Å². The van der Waals surface area contributed by atoms with E-state index < -0.39 is 0 Å². The van der Waals surface area contributed by atoms with E-state index in [4.69, 9.17) is 9.47 Å². The summed E-state index contributed by atoms with van der Waals surface area (Å²) < 4.78 is 10.5. The Kier molecular flexibility index (Phi) is 3.20. The Morgan fingerprint density at radius 2 is 1.95 bits per heavy atom. The third-order valence-electron chi connectivity index (χ3n) is 3.14. The molecule has 1 aliphatic rings. The maximum absolute atomic E-state index is 12.1. The highest BCUT2D eigenvalue weighted by atomic mass is 32.1. The summed E-state index contributed by atoms with van der Waals surface area (Å²) in [4.78, 5) is 13.1. The summed E-state index contributed by atoms with van der Waals surface area (Å²) in [6.07, 6.45) is 1.89. The minimum atomic E-state index is -0.108. The van der Waals surface area contributed by atoms with Gasteiger partial charge in [0.25, 0.3) is 5.91 Å². The van der Waals surface area contributed by atoms with Gasteiger partial charge in [0.2, 0.25) is 0 Å². The highest BCUT2D eigenvalue weighted by Gasteiger charge is 2.26. The maximum atomic E-state index is 12.1. The number of amides is 1. The molecule has 1 aromatic carbocycles. The molecule has 2 heterocycles. The van der Waals surface area contributed by atoms with Crippen molar-refractivity contribution in [3.05, 3.63) is 40.1 Å². The first-order valence-electron chi connectivity index (χ1n) is 6.06. The molecule has 3 rings (SSSR count). The van der Waals surface area contributed by atoms with Crippen LogP contribution in [0.1, 0.15) is 10.4 Å². The van der Waals surface area contributed by atoms with Crippen molar-refractivity contribution < 1.29 is 14.3 Å². The van der Waals surface area contributed by atoms with E-state index in [2.05, 4.69) is 5.32 Å². The molecule has 20 heavy (non-hydrogen) atoms. The second kappa shape index (κ2) is 5.02. The molecule has 1 aromatic heterocycles. The second-order valence-electron chi connectivity index (χ2n) is 4.28. The van der Waals surface area contributed by atoms with Gasteiger partial charge in [0.15, 0.2) is 11.5 Å². The third-order valence-corrected chi connectivity index (χ3v) is 3.96. The summed E-state index contributed by atoms with van der Waals surface area (Å²) >= 11 is 1.59. The summed E-state index contributed by atoms with van der Waals surface area (Å²) in [5.41, 5.74) is 2.22. The van der Waals surface area contributed by atoms with Crippen LogP contribution in [0.4, 0.5) is 5.69 Å². The largest absolute Gasteiger partial charge is 0.493 e. The highest BCUT2D eigenvalue weighted by molar-refractivity contribution is 7.11. The smallest absolute Gasteiger partial charge is 0.256 e. The number of thiophene rings is 1. The van der Waals surface area contributed by atoms with Crippen molar-refractivity contribution in [3.8, 4) is 11.5 Å². The van der Waals surface area contributed by atoms with Crippen molar-refractivity contribution in [2.75, 3.05) is 19.5 Å². The molecule has 2 aromatic rings. The molecule has 0 saturated carbocycles. The number of rotatable bonds is 3. The number of carbonyl (C=O) groups is 1. The fourth-order valence-corrected chi connectivity index (χ4v) is 2.83. The van der Waals surface area contributed by atoms with Crippen LogP contribution < -0.4 is 14.8 Å². The molecule has 0 spiro atoms. The van der Waals surface area contributed by atoms with Gasteiger partial charge in [-0.2, -0.15) is 0 Å². The number of ether oxygens (including phenoxy) is 2. The molecule has 1 aliphatic heterocycles. The number of carbonyl (C=O) groups excluding carboxylic acids is 1. The first-order valence-corrected chi connectivity index (χ1v) is 6.94. The third kappa shape index (κ3) is 2.06. The molecule has 4 nitrogen and oxygen atoms in total. The van der Waals surface area contributed by atoms with Gasteiger partial charge in [-0.05, 0) is 23.6 Å². The standard InChI is InChI=1S/C15H13NO3S/c1-18-13-7-10-11(6-9-4-3-5-20-9)15(17)16-12(10)8-14(13)19-2/h3-8H,1-2H3,(H,16,17). The van der Waals surface area contributed by atoms with Crippen molar-refractivity contribution >= 4 is 34.6 Å². The molecule has 0 fully saturated rings. The molecule has 102 valence electrons. The summed E-state index contributed by atoms with van der Waals surface area (Å²) in [6.45, 7) is 0. The summed E-state index contributed by atoms with van der Waals surface area (Å²) in [5, 5.41) is 4.83.